The van der Waals surface area contributed by atoms with Crippen molar-refractivity contribution in [1.82, 2.24) is 4.98 Å². The molecule has 5 nitrogen and oxygen atoms in total. The number of rotatable bonds is 1. The molecule has 1 unspecified atom stereocenters. The molecule has 1 aliphatic carbocycles. The number of para-hydroxylation sites is 1. The summed E-state index contributed by atoms with van der Waals surface area (Å²) in [6.45, 7) is 6.06. The predicted octanol–water partition coefficient (Wildman–Crippen LogP) is 3.93. The van der Waals surface area contributed by atoms with Gasteiger partial charge in [-0.25, -0.2) is 0 Å². The summed E-state index contributed by atoms with van der Waals surface area (Å²) < 4.78 is 5.76. The first-order chi connectivity index (χ1) is 12.3. The SMILES string of the molecule is Cc1[nH]c2ccccc2c1C1C(C#N)=C(N)OC2=C1C(=O)CC(C)(C)C2. The van der Waals surface area contributed by atoms with Gasteiger partial charge in [-0.2, -0.15) is 5.26 Å². The molecule has 0 spiro atoms. The number of Topliss-reactive ketones (excluding diaryl/α,β-unsaturated/α-hetero) is 1. The van der Waals surface area contributed by atoms with Gasteiger partial charge < -0.3 is 15.5 Å². The molecule has 0 saturated heterocycles. The van der Waals surface area contributed by atoms with Crippen molar-refractivity contribution in [3.63, 3.8) is 0 Å². The number of fused-ring (bicyclic) bond motifs is 1. The zero-order chi connectivity index (χ0) is 18.6. The number of nitrogens with two attached hydrogens (primary N) is 1. The number of ketones is 1. The summed E-state index contributed by atoms with van der Waals surface area (Å²) in [5.74, 6) is 0.263. The normalized spacial score (nSPS) is 22.2. The van der Waals surface area contributed by atoms with Crippen LogP contribution in [-0.2, 0) is 9.53 Å². The van der Waals surface area contributed by atoms with E-state index in [0.717, 1.165) is 22.2 Å². The highest BCUT2D eigenvalue weighted by Gasteiger charge is 2.44. The fraction of sp³-hybridized carbons (Fsp3) is 0.333. The van der Waals surface area contributed by atoms with Gasteiger partial charge in [-0.05, 0) is 24.0 Å². The maximum atomic E-state index is 13.0. The summed E-state index contributed by atoms with van der Waals surface area (Å²) >= 11 is 0. The van der Waals surface area contributed by atoms with E-state index < -0.39 is 5.92 Å². The van der Waals surface area contributed by atoms with E-state index in [-0.39, 0.29) is 17.1 Å². The number of hydrogen-bond acceptors (Lipinski definition) is 4. The third kappa shape index (κ3) is 2.33. The minimum Gasteiger partial charge on any atom is -0.444 e. The van der Waals surface area contributed by atoms with Gasteiger partial charge in [-0.3, -0.25) is 4.79 Å². The Morgan fingerprint density at radius 3 is 2.77 bits per heavy atom. The van der Waals surface area contributed by atoms with E-state index in [2.05, 4.69) is 11.1 Å². The number of aromatic nitrogens is 1. The second-order valence-electron chi connectivity index (χ2n) is 7.91. The lowest BCUT2D eigenvalue weighted by atomic mass is 9.70. The van der Waals surface area contributed by atoms with Crippen LogP contribution in [0.4, 0.5) is 0 Å². The van der Waals surface area contributed by atoms with Crippen LogP contribution >= 0.6 is 0 Å². The van der Waals surface area contributed by atoms with Gasteiger partial charge in [0.25, 0.3) is 0 Å². The Morgan fingerprint density at radius 1 is 1.31 bits per heavy atom. The number of aromatic amines is 1. The molecule has 2 heterocycles. The Morgan fingerprint density at radius 2 is 2.04 bits per heavy atom. The van der Waals surface area contributed by atoms with Crippen LogP contribution in [0.25, 0.3) is 10.9 Å². The van der Waals surface area contributed by atoms with Crippen molar-refractivity contribution in [1.29, 1.82) is 5.26 Å². The maximum Gasteiger partial charge on any atom is 0.205 e. The van der Waals surface area contributed by atoms with Crippen LogP contribution in [-0.4, -0.2) is 10.8 Å². The first-order valence-electron chi connectivity index (χ1n) is 8.73. The van der Waals surface area contributed by atoms with Crippen molar-refractivity contribution in [2.45, 2.75) is 39.5 Å². The molecule has 2 aromatic rings. The molecule has 2 aliphatic rings. The highest BCUT2D eigenvalue weighted by atomic mass is 16.5. The van der Waals surface area contributed by atoms with Gasteiger partial charge in [0.15, 0.2) is 5.78 Å². The topological polar surface area (TPSA) is 91.9 Å². The van der Waals surface area contributed by atoms with E-state index in [1.54, 1.807) is 0 Å². The van der Waals surface area contributed by atoms with E-state index >= 15 is 0 Å². The van der Waals surface area contributed by atoms with Gasteiger partial charge >= 0.3 is 0 Å². The number of H-pyrrole nitrogens is 1. The second kappa shape index (κ2) is 5.50. The molecule has 0 fully saturated rings. The number of aryl methyl sites for hydroxylation is 1. The number of carbonyl (C=O) groups is 1. The van der Waals surface area contributed by atoms with Gasteiger partial charge in [-0.1, -0.05) is 32.0 Å². The summed E-state index contributed by atoms with van der Waals surface area (Å²) in [5, 5.41) is 10.8. The van der Waals surface area contributed by atoms with Crippen LogP contribution in [0.5, 0.6) is 0 Å². The van der Waals surface area contributed by atoms with Crippen LogP contribution in [0.3, 0.4) is 0 Å². The number of nitrogens with one attached hydrogen (secondary N) is 1. The Balaban J connectivity index is 2.01. The Kier molecular flexibility index (Phi) is 3.48. The van der Waals surface area contributed by atoms with Gasteiger partial charge in [0.1, 0.15) is 17.4 Å². The first-order valence-corrected chi connectivity index (χ1v) is 8.73. The van der Waals surface area contributed by atoms with Crippen LogP contribution in [0.2, 0.25) is 0 Å². The maximum absolute atomic E-state index is 13.0. The third-order valence-corrected chi connectivity index (χ3v) is 5.31. The molecule has 0 bridgehead atoms. The lowest BCUT2D eigenvalue weighted by molar-refractivity contribution is -0.119. The zero-order valence-electron chi connectivity index (χ0n) is 15.1. The van der Waals surface area contributed by atoms with E-state index in [4.69, 9.17) is 10.5 Å². The number of hydrogen-bond donors (Lipinski definition) is 2. The molecule has 0 amide bonds. The smallest absolute Gasteiger partial charge is 0.205 e. The van der Waals surface area contributed by atoms with E-state index in [0.29, 0.717) is 29.7 Å². The van der Waals surface area contributed by atoms with Crippen LogP contribution < -0.4 is 5.73 Å². The minimum atomic E-state index is -0.483. The second-order valence-corrected chi connectivity index (χ2v) is 7.91. The molecule has 0 saturated carbocycles. The molecule has 132 valence electrons. The summed E-state index contributed by atoms with van der Waals surface area (Å²) in [5.41, 5.74) is 9.66. The molecule has 4 rings (SSSR count). The Labute approximate surface area is 152 Å². The molecule has 1 atom stereocenters. The Hall–Kier alpha value is -3.00. The van der Waals surface area contributed by atoms with Crippen LogP contribution in [0.1, 0.15) is 43.9 Å². The summed E-state index contributed by atoms with van der Waals surface area (Å²) in [7, 11) is 0. The highest BCUT2D eigenvalue weighted by Crippen LogP contribution is 2.49. The molecule has 1 aromatic carbocycles. The van der Waals surface area contributed by atoms with Gasteiger partial charge in [0.05, 0.1) is 5.92 Å². The van der Waals surface area contributed by atoms with Crippen molar-refractivity contribution in [3.8, 4) is 6.07 Å². The van der Waals surface area contributed by atoms with Crippen molar-refractivity contribution in [3.05, 3.63) is 58.3 Å². The lowest BCUT2D eigenvalue weighted by Crippen LogP contribution is -2.33. The number of benzene rings is 1. The molecule has 3 N–H and O–H groups in total. The summed E-state index contributed by atoms with van der Waals surface area (Å²) in [4.78, 5) is 16.4. The summed E-state index contributed by atoms with van der Waals surface area (Å²) in [6.07, 6.45) is 1.07. The first kappa shape index (κ1) is 16.5. The monoisotopic (exact) mass is 347 g/mol. The van der Waals surface area contributed by atoms with Crippen LogP contribution in [0.15, 0.2) is 47.1 Å². The average molecular weight is 347 g/mol. The van der Waals surface area contributed by atoms with E-state index in [1.165, 1.54) is 0 Å². The van der Waals surface area contributed by atoms with Crippen molar-refractivity contribution < 1.29 is 9.53 Å². The van der Waals surface area contributed by atoms with Crippen molar-refractivity contribution >= 4 is 16.7 Å². The fourth-order valence-electron chi connectivity index (χ4n) is 4.24. The lowest BCUT2D eigenvalue weighted by Gasteiger charge is -2.37. The molecule has 5 heteroatoms. The largest absolute Gasteiger partial charge is 0.444 e. The zero-order valence-corrected chi connectivity index (χ0v) is 15.1. The van der Waals surface area contributed by atoms with Gasteiger partial charge in [0.2, 0.25) is 5.88 Å². The molecule has 26 heavy (non-hydrogen) atoms. The quantitative estimate of drug-likeness (QED) is 0.817. The third-order valence-electron chi connectivity index (χ3n) is 5.31. The number of ether oxygens (including phenoxy) is 1. The van der Waals surface area contributed by atoms with Crippen molar-refractivity contribution in [2.75, 3.05) is 0 Å². The fourth-order valence-corrected chi connectivity index (χ4v) is 4.24. The number of carbonyl (C=O) groups excluding carboxylic acids is 1. The van der Waals surface area contributed by atoms with Gasteiger partial charge in [0, 0.05) is 35.0 Å². The Bertz CT molecular complexity index is 1050. The van der Waals surface area contributed by atoms with Gasteiger partial charge in [-0.15, -0.1) is 0 Å². The minimum absolute atomic E-state index is 0.0335. The molecular weight excluding hydrogens is 326 g/mol. The molecular formula is C21H21N3O2. The molecule has 1 aromatic heterocycles. The van der Waals surface area contributed by atoms with Crippen molar-refractivity contribution in [2.24, 2.45) is 11.1 Å². The van der Waals surface area contributed by atoms with E-state index in [1.807, 2.05) is 45.0 Å². The highest BCUT2D eigenvalue weighted by molar-refractivity contribution is 6.01. The number of nitrogens with zero attached hydrogens (tertiary/aromatic N) is 1. The molecule has 1 aliphatic heterocycles. The predicted molar refractivity (Wildman–Crippen MR) is 98.7 cm³/mol. The van der Waals surface area contributed by atoms with E-state index in [9.17, 15) is 10.1 Å². The number of allylic oxidation sites excluding steroid dienone is 3. The standard InChI is InChI=1S/C21H21N3O2/c1-11-17(12-6-4-5-7-14(12)24-11)18-13(10-22)20(23)26-16-9-21(2,3)8-15(25)19(16)18/h4-7,18,24H,8-9,23H2,1-3H3. The average Bonchev–Trinajstić information content (AvgIpc) is 2.87. The van der Waals surface area contributed by atoms with Crippen LogP contribution in [0, 0.1) is 23.7 Å². The number of nitriles is 1. The summed E-state index contributed by atoms with van der Waals surface area (Å²) in [6, 6.07) is 10.1. The molecule has 0 radical (unpaired) electrons.